The average molecular weight is 321 g/mol. The van der Waals surface area contributed by atoms with Gasteiger partial charge in [0.1, 0.15) is 17.6 Å². The van der Waals surface area contributed by atoms with Crippen LogP contribution in [0.3, 0.4) is 0 Å². The standard InChI is InChI=1S/C16H14F3N3O/c1-11(22-15-7-2-12(8-20)9-21-15)13-3-5-14(6-4-13)23-10-16(17,18)19/h2-7,9,11H,10H2,1H3,(H,21,22). The molecule has 120 valence electrons. The third-order valence-corrected chi connectivity index (χ3v) is 3.04. The van der Waals surface area contributed by atoms with Gasteiger partial charge < -0.3 is 10.1 Å². The average Bonchev–Trinajstić information content (AvgIpc) is 2.53. The van der Waals surface area contributed by atoms with Crippen LogP contribution in [0.25, 0.3) is 0 Å². The Labute approximate surface area is 131 Å². The second-order valence-corrected chi connectivity index (χ2v) is 4.88. The van der Waals surface area contributed by atoms with E-state index in [1.807, 2.05) is 13.0 Å². The van der Waals surface area contributed by atoms with Crippen LogP contribution in [0, 0.1) is 11.3 Å². The van der Waals surface area contributed by atoms with Crippen molar-refractivity contribution in [3.63, 3.8) is 0 Å². The summed E-state index contributed by atoms with van der Waals surface area (Å²) in [4.78, 5) is 4.11. The van der Waals surface area contributed by atoms with Crippen molar-refractivity contribution < 1.29 is 17.9 Å². The Morgan fingerprint density at radius 2 is 1.91 bits per heavy atom. The summed E-state index contributed by atoms with van der Waals surface area (Å²) in [6, 6.07) is 11.6. The molecule has 4 nitrogen and oxygen atoms in total. The van der Waals surface area contributed by atoms with Gasteiger partial charge in [0.05, 0.1) is 5.56 Å². The molecule has 1 atom stereocenters. The Hall–Kier alpha value is -2.75. The van der Waals surface area contributed by atoms with Crippen LogP contribution >= 0.6 is 0 Å². The van der Waals surface area contributed by atoms with E-state index in [1.165, 1.54) is 18.3 Å². The van der Waals surface area contributed by atoms with Crippen LogP contribution in [-0.2, 0) is 0 Å². The number of anilines is 1. The molecule has 7 heteroatoms. The van der Waals surface area contributed by atoms with Crippen molar-refractivity contribution in [1.82, 2.24) is 4.98 Å². The molecule has 2 aromatic rings. The zero-order valence-electron chi connectivity index (χ0n) is 12.3. The van der Waals surface area contributed by atoms with E-state index >= 15 is 0 Å². The summed E-state index contributed by atoms with van der Waals surface area (Å²) in [7, 11) is 0. The largest absolute Gasteiger partial charge is 0.484 e. The van der Waals surface area contributed by atoms with Gasteiger partial charge in [-0.05, 0) is 36.8 Å². The Bertz CT molecular complexity index is 676. The van der Waals surface area contributed by atoms with Gasteiger partial charge in [-0.2, -0.15) is 18.4 Å². The first kappa shape index (κ1) is 16.6. The number of nitrogens with zero attached hydrogens (tertiary/aromatic N) is 2. The number of ether oxygens (including phenoxy) is 1. The van der Waals surface area contributed by atoms with Crippen molar-refractivity contribution in [3.8, 4) is 11.8 Å². The second-order valence-electron chi connectivity index (χ2n) is 4.88. The maximum Gasteiger partial charge on any atom is 0.422 e. The molecule has 0 aliphatic heterocycles. The van der Waals surface area contributed by atoms with Gasteiger partial charge in [0.2, 0.25) is 0 Å². The Kier molecular flexibility index (Phi) is 5.06. The Morgan fingerprint density at radius 1 is 1.22 bits per heavy atom. The zero-order valence-corrected chi connectivity index (χ0v) is 12.3. The lowest BCUT2D eigenvalue weighted by Gasteiger charge is -2.16. The van der Waals surface area contributed by atoms with E-state index in [0.717, 1.165) is 5.56 Å². The number of nitrogens with one attached hydrogen (secondary N) is 1. The van der Waals surface area contributed by atoms with Crippen LogP contribution < -0.4 is 10.1 Å². The molecule has 1 aromatic heterocycles. The van der Waals surface area contributed by atoms with Crippen LogP contribution in [0.5, 0.6) is 5.75 Å². The molecule has 0 aliphatic rings. The van der Waals surface area contributed by atoms with Gasteiger partial charge >= 0.3 is 6.18 Å². The molecule has 23 heavy (non-hydrogen) atoms. The molecule has 1 aromatic carbocycles. The molecular weight excluding hydrogens is 307 g/mol. The summed E-state index contributed by atoms with van der Waals surface area (Å²) < 4.78 is 40.9. The van der Waals surface area contributed by atoms with Crippen molar-refractivity contribution in [3.05, 3.63) is 53.7 Å². The first-order valence-corrected chi connectivity index (χ1v) is 6.79. The number of halogens is 3. The smallest absolute Gasteiger partial charge is 0.422 e. The molecule has 0 saturated heterocycles. The highest BCUT2D eigenvalue weighted by molar-refractivity contribution is 5.42. The van der Waals surface area contributed by atoms with Gasteiger partial charge in [-0.3, -0.25) is 0 Å². The minimum absolute atomic E-state index is 0.105. The van der Waals surface area contributed by atoms with Crippen molar-refractivity contribution in [2.45, 2.75) is 19.1 Å². The highest BCUT2D eigenvalue weighted by Gasteiger charge is 2.28. The minimum Gasteiger partial charge on any atom is -0.484 e. The van der Waals surface area contributed by atoms with Gasteiger partial charge in [0.25, 0.3) is 0 Å². The molecule has 1 N–H and O–H groups in total. The topological polar surface area (TPSA) is 57.9 Å². The number of pyridine rings is 1. The first-order chi connectivity index (χ1) is 10.9. The molecule has 0 bridgehead atoms. The van der Waals surface area contributed by atoms with Gasteiger partial charge in [-0.15, -0.1) is 0 Å². The van der Waals surface area contributed by atoms with E-state index in [4.69, 9.17) is 5.26 Å². The minimum atomic E-state index is -4.35. The maximum absolute atomic E-state index is 12.1. The summed E-state index contributed by atoms with van der Waals surface area (Å²) in [5.41, 5.74) is 1.34. The van der Waals surface area contributed by atoms with Crippen molar-refractivity contribution in [2.24, 2.45) is 0 Å². The van der Waals surface area contributed by atoms with E-state index in [9.17, 15) is 13.2 Å². The van der Waals surface area contributed by atoms with E-state index in [-0.39, 0.29) is 11.8 Å². The maximum atomic E-state index is 12.1. The highest BCUT2D eigenvalue weighted by Crippen LogP contribution is 2.22. The molecule has 0 radical (unpaired) electrons. The lowest BCUT2D eigenvalue weighted by atomic mass is 10.1. The second kappa shape index (κ2) is 7.01. The monoisotopic (exact) mass is 321 g/mol. The Balaban J connectivity index is 1.96. The Morgan fingerprint density at radius 3 is 2.43 bits per heavy atom. The predicted octanol–water partition coefficient (Wildman–Crippen LogP) is 4.07. The molecule has 1 unspecified atom stereocenters. The van der Waals surface area contributed by atoms with Crippen LogP contribution in [0.2, 0.25) is 0 Å². The first-order valence-electron chi connectivity index (χ1n) is 6.79. The molecule has 2 rings (SSSR count). The zero-order chi connectivity index (χ0) is 16.9. The number of benzene rings is 1. The van der Waals surface area contributed by atoms with E-state index in [1.54, 1.807) is 24.3 Å². The van der Waals surface area contributed by atoms with Gasteiger partial charge in [0, 0.05) is 12.2 Å². The fourth-order valence-electron chi connectivity index (χ4n) is 1.87. The summed E-state index contributed by atoms with van der Waals surface area (Å²) in [5.74, 6) is 0.767. The normalized spacial score (nSPS) is 12.3. The molecule has 0 aliphatic carbocycles. The lowest BCUT2D eigenvalue weighted by Crippen LogP contribution is -2.19. The highest BCUT2D eigenvalue weighted by atomic mass is 19.4. The van der Waals surface area contributed by atoms with Crippen LogP contribution in [0.1, 0.15) is 24.1 Å². The van der Waals surface area contributed by atoms with Crippen molar-refractivity contribution in [2.75, 3.05) is 11.9 Å². The third-order valence-electron chi connectivity index (χ3n) is 3.04. The van der Waals surface area contributed by atoms with Crippen LogP contribution in [0.4, 0.5) is 19.0 Å². The van der Waals surface area contributed by atoms with E-state index in [2.05, 4.69) is 15.0 Å². The van der Waals surface area contributed by atoms with Gasteiger partial charge in [-0.25, -0.2) is 4.98 Å². The fourth-order valence-corrected chi connectivity index (χ4v) is 1.87. The summed E-state index contributed by atoms with van der Waals surface area (Å²) in [5, 5.41) is 11.9. The summed E-state index contributed by atoms with van der Waals surface area (Å²) in [6.45, 7) is 0.584. The predicted molar refractivity (Wildman–Crippen MR) is 79.0 cm³/mol. The van der Waals surface area contributed by atoms with E-state index < -0.39 is 12.8 Å². The summed E-state index contributed by atoms with van der Waals surface area (Å²) >= 11 is 0. The number of hydrogen-bond acceptors (Lipinski definition) is 4. The summed E-state index contributed by atoms with van der Waals surface area (Å²) in [6.07, 6.45) is -2.89. The number of rotatable bonds is 5. The molecule has 0 amide bonds. The molecule has 0 spiro atoms. The molecule has 0 fully saturated rings. The third kappa shape index (κ3) is 5.18. The molecule has 1 heterocycles. The fraction of sp³-hybridized carbons (Fsp3) is 0.250. The van der Waals surface area contributed by atoms with Crippen molar-refractivity contribution >= 4 is 5.82 Å². The van der Waals surface area contributed by atoms with Crippen molar-refractivity contribution in [1.29, 1.82) is 5.26 Å². The molecular formula is C16H14F3N3O. The van der Waals surface area contributed by atoms with Gasteiger partial charge in [0.15, 0.2) is 6.61 Å². The number of nitriles is 1. The SMILES string of the molecule is CC(Nc1ccc(C#N)cn1)c1ccc(OCC(F)(F)F)cc1. The quantitative estimate of drug-likeness (QED) is 0.902. The van der Waals surface area contributed by atoms with Crippen LogP contribution in [0.15, 0.2) is 42.6 Å². The van der Waals surface area contributed by atoms with E-state index in [0.29, 0.717) is 11.4 Å². The van der Waals surface area contributed by atoms with Gasteiger partial charge in [-0.1, -0.05) is 12.1 Å². The lowest BCUT2D eigenvalue weighted by molar-refractivity contribution is -0.153. The number of aromatic nitrogens is 1. The number of hydrogen-bond donors (Lipinski definition) is 1. The van der Waals surface area contributed by atoms with Crippen LogP contribution in [-0.4, -0.2) is 17.8 Å². The number of alkyl halides is 3. The molecule has 0 saturated carbocycles.